The molecule has 114 valence electrons. The number of rotatable bonds is 4. The molecule has 0 bridgehead atoms. The van der Waals surface area contributed by atoms with Crippen molar-refractivity contribution in [2.75, 3.05) is 18.0 Å². The summed E-state index contributed by atoms with van der Waals surface area (Å²) in [5.74, 6) is 0.324. The van der Waals surface area contributed by atoms with Crippen LogP contribution in [0.5, 0.6) is 5.75 Å². The summed E-state index contributed by atoms with van der Waals surface area (Å²) in [4.78, 5) is 2.29. The van der Waals surface area contributed by atoms with E-state index in [0.717, 1.165) is 24.3 Å². The van der Waals surface area contributed by atoms with Gasteiger partial charge in [-0.15, -0.1) is 0 Å². The largest absolute Gasteiger partial charge is 0.379 e. The van der Waals surface area contributed by atoms with Gasteiger partial charge in [0.15, 0.2) is 0 Å². The molecule has 0 unspecified atom stereocenters. The molecule has 1 aliphatic rings. The van der Waals surface area contributed by atoms with Crippen molar-refractivity contribution in [3.63, 3.8) is 0 Å². The molecule has 22 heavy (non-hydrogen) atoms. The van der Waals surface area contributed by atoms with Crippen LogP contribution in [-0.4, -0.2) is 21.5 Å². The lowest BCUT2D eigenvalue weighted by atomic mass is 10.2. The van der Waals surface area contributed by atoms with Crippen LogP contribution in [0.2, 0.25) is 0 Å². The van der Waals surface area contributed by atoms with Crippen molar-refractivity contribution < 1.29 is 12.6 Å². The smallest absolute Gasteiger partial charge is 0.339 e. The Kier molecular flexibility index (Phi) is 3.90. The Balaban J connectivity index is 1.83. The molecule has 0 aromatic heterocycles. The zero-order valence-corrected chi connectivity index (χ0v) is 13.1. The average molecular weight is 315 g/mol. The number of hydrogen-bond donors (Lipinski definition) is 0. The van der Waals surface area contributed by atoms with Crippen molar-refractivity contribution in [1.29, 1.82) is 0 Å². The van der Waals surface area contributed by atoms with E-state index in [2.05, 4.69) is 17.1 Å². The second kappa shape index (κ2) is 5.85. The first kappa shape index (κ1) is 14.7. The molecular weight excluding hydrogens is 298 g/mol. The van der Waals surface area contributed by atoms with E-state index in [4.69, 9.17) is 4.18 Å². The standard InChI is InChI=1S/C17H17NO3S/c1-14-7-9-17(10-8-14)22(19,20)21-16-6-4-5-15(13-16)18-11-2-3-12-18/h2-10,13H,11-12H2,1H3. The number of aryl methyl sites for hydroxylation is 1. The summed E-state index contributed by atoms with van der Waals surface area (Å²) >= 11 is 0. The van der Waals surface area contributed by atoms with Gasteiger partial charge in [-0.3, -0.25) is 0 Å². The van der Waals surface area contributed by atoms with Gasteiger partial charge in [-0.1, -0.05) is 35.9 Å². The Morgan fingerprint density at radius 2 is 1.68 bits per heavy atom. The predicted octanol–water partition coefficient (Wildman–Crippen LogP) is 3.14. The summed E-state index contributed by atoms with van der Waals surface area (Å²) in [7, 11) is -3.80. The predicted molar refractivity (Wildman–Crippen MR) is 86.8 cm³/mol. The van der Waals surface area contributed by atoms with Gasteiger partial charge in [0.05, 0.1) is 0 Å². The van der Waals surface area contributed by atoms with Crippen LogP contribution in [0.4, 0.5) is 5.69 Å². The fourth-order valence-corrected chi connectivity index (χ4v) is 3.22. The van der Waals surface area contributed by atoms with Crippen molar-refractivity contribution in [2.24, 2.45) is 0 Å². The molecular formula is C17H17NO3S. The van der Waals surface area contributed by atoms with E-state index >= 15 is 0 Å². The van der Waals surface area contributed by atoms with E-state index in [9.17, 15) is 8.42 Å². The quantitative estimate of drug-likeness (QED) is 0.642. The molecule has 0 amide bonds. The first-order chi connectivity index (χ1) is 10.5. The number of hydrogen-bond acceptors (Lipinski definition) is 4. The van der Waals surface area contributed by atoms with E-state index in [1.807, 2.05) is 13.0 Å². The Bertz CT molecular complexity index is 787. The summed E-state index contributed by atoms with van der Waals surface area (Å²) in [5.41, 5.74) is 1.95. The highest BCUT2D eigenvalue weighted by molar-refractivity contribution is 7.87. The minimum absolute atomic E-state index is 0.159. The molecule has 1 aliphatic heterocycles. The summed E-state index contributed by atoms with van der Waals surface area (Å²) in [6.45, 7) is 3.56. The van der Waals surface area contributed by atoms with Gasteiger partial charge >= 0.3 is 10.1 Å². The van der Waals surface area contributed by atoms with Gasteiger partial charge in [0.2, 0.25) is 0 Å². The highest BCUT2D eigenvalue weighted by Crippen LogP contribution is 2.25. The van der Waals surface area contributed by atoms with Crippen LogP contribution < -0.4 is 9.08 Å². The van der Waals surface area contributed by atoms with Gasteiger partial charge in [0.25, 0.3) is 0 Å². The molecule has 2 aromatic carbocycles. The number of anilines is 1. The first-order valence-corrected chi connectivity index (χ1v) is 8.47. The molecule has 0 radical (unpaired) electrons. The second-order valence-corrected chi connectivity index (χ2v) is 6.77. The van der Waals surface area contributed by atoms with E-state index < -0.39 is 10.1 Å². The van der Waals surface area contributed by atoms with Crippen molar-refractivity contribution in [3.05, 3.63) is 66.2 Å². The molecule has 0 saturated carbocycles. The monoisotopic (exact) mass is 315 g/mol. The summed E-state index contributed by atoms with van der Waals surface area (Å²) in [6, 6.07) is 13.8. The molecule has 0 fully saturated rings. The van der Waals surface area contributed by atoms with Crippen LogP contribution in [0.25, 0.3) is 0 Å². The van der Waals surface area contributed by atoms with Crippen LogP contribution in [0.15, 0.2) is 65.6 Å². The van der Waals surface area contributed by atoms with E-state index in [1.165, 1.54) is 0 Å². The van der Waals surface area contributed by atoms with Gasteiger partial charge in [-0.05, 0) is 31.2 Å². The minimum Gasteiger partial charge on any atom is -0.379 e. The Labute approximate surface area is 130 Å². The summed E-state index contributed by atoms with van der Waals surface area (Å²) in [6.07, 6.45) is 4.16. The maximum absolute atomic E-state index is 12.3. The molecule has 2 aromatic rings. The van der Waals surface area contributed by atoms with Crippen molar-refractivity contribution in [3.8, 4) is 5.75 Å². The molecule has 5 heteroatoms. The van der Waals surface area contributed by atoms with Gasteiger partial charge in [0.1, 0.15) is 10.6 Å². The van der Waals surface area contributed by atoms with Crippen LogP contribution in [0.3, 0.4) is 0 Å². The normalized spacial score (nSPS) is 14.3. The van der Waals surface area contributed by atoms with Gasteiger partial charge in [0, 0.05) is 24.8 Å². The molecule has 4 nitrogen and oxygen atoms in total. The van der Waals surface area contributed by atoms with Crippen LogP contribution >= 0.6 is 0 Å². The summed E-state index contributed by atoms with van der Waals surface area (Å²) < 4.78 is 29.8. The fourth-order valence-electron chi connectivity index (χ4n) is 2.30. The van der Waals surface area contributed by atoms with E-state index in [0.29, 0.717) is 5.75 Å². The van der Waals surface area contributed by atoms with E-state index in [1.54, 1.807) is 42.5 Å². The minimum atomic E-state index is -3.80. The van der Waals surface area contributed by atoms with Crippen molar-refractivity contribution >= 4 is 15.8 Å². The number of nitrogens with zero attached hydrogens (tertiary/aromatic N) is 1. The lowest BCUT2D eigenvalue weighted by Gasteiger charge is -2.18. The lowest BCUT2D eigenvalue weighted by molar-refractivity contribution is 0.486. The Morgan fingerprint density at radius 1 is 1.00 bits per heavy atom. The van der Waals surface area contributed by atoms with Crippen molar-refractivity contribution in [1.82, 2.24) is 0 Å². The second-order valence-electron chi connectivity index (χ2n) is 5.22. The number of benzene rings is 2. The molecule has 0 atom stereocenters. The third-order valence-electron chi connectivity index (χ3n) is 3.52. The molecule has 1 heterocycles. The molecule has 0 saturated heterocycles. The lowest BCUT2D eigenvalue weighted by Crippen LogP contribution is -2.18. The molecule has 0 aliphatic carbocycles. The SMILES string of the molecule is Cc1ccc(S(=O)(=O)Oc2cccc(N3CC=CC3)c2)cc1. The van der Waals surface area contributed by atoms with Crippen molar-refractivity contribution in [2.45, 2.75) is 11.8 Å². The maximum Gasteiger partial charge on any atom is 0.339 e. The molecule has 0 spiro atoms. The van der Waals surface area contributed by atoms with Crippen LogP contribution in [-0.2, 0) is 10.1 Å². The average Bonchev–Trinajstić information content (AvgIpc) is 3.02. The zero-order valence-electron chi connectivity index (χ0n) is 12.3. The van der Waals surface area contributed by atoms with Crippen LogP contribution in [0.1, 0.15) is 5.56 Å². The molecule has 0 N–H and O–H groups in total. The van der Waals surface area contributed by atoms with Gasteiger partial charge in [-0.25, -0.2) is 0 Å². The van der Waals surface area contributed by atoms with Crippen LogP contribution in [0, 0.1) is 6.92 Å². The topological polar surface area (TPSA) is 46.6 Å². The maximum atomic E-state index is 12.3. The first-order valence-electron chi connectivity index (χ1n) is 7.06. The Morgan fingerprint density at radius 3 is 2.36 bits per heavy atom. The third-order valence-corrected chi connectivity index (χ3v) is 4.78. The highest BCUT2D eigenvalue weighted by Gasteiger charge is 2.17. The molecule has 3 rings (SSSR count). The van der Waals surface area contributed by atoms with E-state index in [-0.39, 0.29) is 4.90 Å². The zero-order chi connectivity index (χ0) is 15.6. The van der Waals surface area contributed by atoms with Gasteiger partial charge in [-0.2, -0.15) is 8.42 Å². The van der Waals surface area contributed by atoms with Gasteiger partial charge < -0.3 is 9.08 Å². The highest BCUT2D eigenvalue weighted by atomic mass is 32.2. The fraction of sp³-hybridized carbons (Fsp3) is 0.176. The third kappa shape index (κ3) is 3.14. The Hall–Kier alpha value is -2.27. The summed E-state index contributed by atoms with van der Waals surface area (Å²) in [5, 5.41) is 0.